The maximum Gasteiger partial charge on any atom is 0.0940 e. The van der Waals surface area contributed by atoms with Gasteiger partial charge in [-0.25, -0.2) is 0 Å². The first kappa shape index (κ1) is 14.2. The van der Waals surface area contributed by atoms with E-state index in [1.54, 1.807) is 12.4 Å². The molecule has 3 nitrogen and oxygen atoms in total. The third-order valence-corrected chi connectivity index (χ3v) is 4.32. The van der Waals surface area contributed by atoms with E-state index in [1.165, 1.54) is 29.5 Å². The highest BCUT2D eigenvalue weighted by atomic mass is 16.3. The normalized spacial score (nSPS) is 16.5. The molecule has 2 atom stereocenters. The Labute approximate surface area is 126 Å². The number of nitrogens with one attached hydrogen (secondary N) is 1. The number of rotatable bonds is 5. The minimum atomic E-state index is -0.474. The van der Waals surface area contributed by atoms with Crippen molar-refractivity contribution in [3.8, 4) is 0 Å². The number of aromatic nitrogens is 1. The number of nitrogens with zero attached hydrogens (tertiary/aromatic N) is 1. The van der Waals surface area contributed by atoms with Crippen molar-refractivity contribution >= 4 is 0 Å². The second-order valence-electron chi connectivity index (χ2n) is 5.85. The van der Waals surface area contributed by atoms with E-state index in [0.717, 1.165) is 18.5 Å². The van der Waals surface area contributed by atoms with Crippen molar-refractivity contribution in [1.29, 1.82) is 0 Å². The standard InChI is InChI=1S/C18H22N2O/c1-13(20-12-14-7-9-19-10-8-14)18(21)17-6-5-15-3-2-4-16(15)11-17/h5-11,13,18,20-21H,2-4,12H2,1H3. The summed E-state index contributed by atoms with van der Waals surface area (Å²) in [6, 6.07) is 10.4. The Bertz CT molecular complexity index is 597. The summed E-state index contributed by atoms with van der Waals surface area (Å²) in [7, 11) is 0. The molecule has 1 aliphatic rings. The number of aliphatic hydroxyl groups excluding tert-OH is 1. The zero-order valence-electron chi connectivity index (χ0n) is 12.4. The third-order valence-electron chi connectivity index (χ3n) is 4.32. The number of pyridine rings is 1. The molecule has 2 N–H and O–H groups in total. The second kappa shape index (κ2) is 6.37. The first-order valence-electron chi connectivity index (χ1n) is 7.66. The number of fused-ring (bicyclic) bond motifs is 1. The summed E-state index contributed by atoms with van der Waals surface area (Å²) in [6.07, 6.45) is 6.68. The molecule has 0 saturated heterocycles. The molecular formula is C18H22N2O. The van der Waals surface area contributed by atoms with E-state index in [9.17, 15) is 5.11 Å². The van der Waals surface area contributed by atoms with E-state index in [2.05, 4.69) is 28.5 Å². The molecule has 0 radical (unpaired) electrons. The highest BCUT2D eigenvalue weighted by molar-refractivity contribution is 5.36. The van der Waals surface area contributed by atoms with Gasteiger partial charge in [0.25, 0.3) is 0 Å². The number of hydrogen-bond acceptors (Lipinski definition) is 3. The Morgan fingerprint density at radius 1 is 1.14 bits per heavy atom. The van der Waals surface area contributed by atoms with Gasteiger partial charge in [-0.15, -0.1) is 0 Å². The monoisotopic (exact) mass is 282 g/mol. The van der Waals surface area contributed by atoms with Gasteiger partial charge in [-0.05, 0) is 60.6 Å². The van der Waals surface area contributed by atoms with Gasteiger partial charge in [0.05, 0.1) is 6.10 Å². The lowest BCUT2D eigenvalue weighted by molar-refractivity contribution is 0.135. The summed E-state index contributed by atoms with van der Waals surface area (Å²) >= 11 is 0. The van der Waals surface area contributed by atoms with Crippen molar-refractivity contribution in [3.05, 3.63) is 65.0 Å². The fourth-order valence-corrected chi connectivity index (χ4v) is 2.96. The molecule has 2 unspecified atom stereocenters. The third kappa shape index (κ3) is 3.31. The molecule has 2 aromatic rings. The summed E-state index contributed by atoms with van der Waals surface area (Å²) in [4.78, 5) is 4.01. The highest BCUT2D eigenvalue weighted by Gasteiger charge is 2.18. The fraction of sp³-hybridized carbons (Fsp3) is 0.389. The van der Waals surface area contributed by atoms with E-state index in [1.807, 2.05) is 19.1 Å². The minimum absolute atomic E-state index is 0.0117. The van der Waals surface area contributed by atoms with Crippen molar-refractivity contribution in [1.82, 2.24) is 10.3 Å². The van der Waals surface area contributed by atoms with Gasteiger partial charge in [-0.3, -0.25) is 4.98 Å². The molecule has 1 heterocycles. The Hall–Kier alpha value is -1.71. The van der Waals surface area contributed by atoms with Crippen molar-refractivity contribution in [2.75, 3.05) is 0 Å². The summed E-state index contributed by atoms with van der Waals surface area (Å²) in [5, 5.41) is 13.9. The van der Waals surface area contributed by atoms with Gasteiger partial charge in [0.2, 0.25) is 0 Å². The van der Waals surface area contributed by atoms with E-state index < -0.39 is 6.10 Å². The van der Waals surface area contributed by atoms with Crippen LogP contribution in [0.5, 0.6) is 0 Å². The predicted molar refractivity (Wildman–Crippen MR) is 84.0 cm³/mol. The van der Waals surface area contributed by atoms with Crippen LogP contribution in [-0.2, 0) is 19.4 Å². The molecule has 0 bridgehead atoms. The minimum Gasteiger partial charge on any atom is -0.387 e. The number of aliphatic hydroxyl groups is 1. The molecule has 0 fully saturated rings. The predicted octanol–water partition coefficient (Wildman–Crippen LogP) is 2.78. The molecule has 0 saturated carbocycles. The molecule has 0 spiro atoms. The Morgan fingerprint density at radius 2 is 1.90 bits per heavy atom. The van der Waals surface area contributed by atoms with Gasteiger partial charge in [0.1, 0.15) is 0 Å². The van der Waals surface area contributed by atoms with Crippen LogP contribution in [0, 0.1) is 0 Å². The van der Waals surface area contributed by atoms with Gasteiger partial charge < -0.3 is 10.4 Å². The van der Waals surface area contributed by atoms with Crippen molar-refractivity contribution in [2.24, 2.45) is 0 Å². The van der Waals surface area contributed by atoms with E-state index in [4.69, 9.17) is 0 Å². The summed E-state index contributed by atoms with van der Waals surface area (Å²) in [6.45, 7) is 2.77. The summed E-state index contributed by atoms with van der Waals surface area (Å²) in [5.74, 6) is 0. The average molecular weight is 282 g/mol. The lowest BCUT2D eigenvalue weighted by atomic mass is 9.99. The van der Waals surface area contributed by atoms with Crippen LogP contribution in [0.15, 0.2) is 42.7 Å². The first-order chi connectivity index (χ1) is 10.2. The van der Waals surface area contributed by atoms with Crippen LogP contribution in [-0.4, -0.2) is 16.1 Å². The molecule has 3 rings (SSSR count). The molecule has 0 amide bonds. The van der Waals surface area contributed by atoms with E-state index >= 15 is 0 Å². The van der Waals surface area contributed by atoms with Gasteiger partial charge in [-0.1, -0.05) is 18.2 Å². The molecule has 3 heteroatoms. The average Bonchev–Trinajstić information content (AvgIpc) is 3.00. The summed E-state index contributed by atoms with van der Waals surface area (Å²) < 4.78 is 0. The Kier molecular flexibility index (Phi) is 4.32. The summed E-state index contributed by atoms with van der Waals surface area (Å²) in [5.41, 5.74) is 5.06. The Balaban J connectivity index is 1.63. The maximum atomic E-state index is 10.5. The lowest BCUT2D eigenvalue weighted by Crippen LogP contribution is -2.31. The topological polar surface area (TPSA) is 45.2 Å². The van der Waals surface area contributed by atoms with E-state index in [0.29, 0.717) is 0 Å². The fourth-order valence-electron chi connectivity index (χ4n) is 2.96. The van der Waals surface area contributed by atoms with Crippen LogP contribution in [0.4, 0.5) is 0 Å². The van der Waals surface area contributed by atoms with Crippen molar-refractivity contribution in [3.63, 3.8) is 0 Å². The first-order valence-corrected chi connectivity index (χ1v) is 7.66. The van der Waals surface area contributed by atoms with Crippen LogP contribution in [0.25, 0.3) is 0 Å². The highest BCUT2D eigenvalue weighted by Crippen LogP contribution is 2.26. The molecule has 21 heavy (non-hydrogen) atoms. The van der Waals surface area contributed by atoms with Crippen molar-refractivity contribution in [2.45, 2.75) is 44.9 Å². The largest absolute Gasteiger partial charge is 0.387 e. The zero-order chi connectivity index (χ0) is 14.7. The van der Waals surface area contributed by atoms with Gasteiger partial charge in [0, 0.05) is 25.0 Å². The SMILES string of the molecule is CC(NCc1ccncc1)C(O)c1ccc2c(c1)CCC2. The van der Waals surface area contributed by atoms with E-state index in [-0.39, 0.29) is 6.04 Å². The van der Waals surface area contributed by atoms with Crippen LogP contribution < -0.4 is 5.32 Å². The number of benzene rings is 1. The molecule has 0 aliphatic heterocycles. The zero-order valence-corrected chi connectivity index (χ0v) is 12.4. The van der Waals surface area contributed by atoms with Crippen molar-refractivity contribution < 1.29 is 5.11 Å². The smallest absolute Gasteiger partial charge is 0.0940 e. The Morgan fingerprint density at radius 3 is 2.71 bits per heavy atom. The lowest BCUT2D eigenvalue weighted by Gasteiger charge is -2.21. The number of hydrogen-bond donors (Lipinski definition) is 2. The second-order valence-corrected chi connectivity index (χ2v) is 5.85. The van der Waals surface area contributed by atoms with Gasteiger partial charge >= 0.3 is 0 Å². The molecule has 1 aromatic carbocycles. The molecule has 110 valence electrons. The molecule has 1 aliphatic carbocycles. The molecule has 1 aromatic heterocycles. The molecular weight excluding hydrogens is 260 g/mol. The van der Waals surface area contributed by atoms with Gasteiger partial charge in [0.15, 0.2) is 0 Å². The van der Waals surface area contributed by atoms with Crippen LogP contribution in [0.2, 0.25) is 0 Å². The van der Waals surface area contributed by atoms with Crippen LogP contribution in [0.3, 0.4) is 0 Å². The van der Waals surface area contributed by atoms with Crippen LogP contribution >= 0.6 is 0 Å². The van der Waals surface area contributed by atoms with Crippen LogP contribution in [0.1, 0.15) is 41.7 Å². The number of aryl methyl sites for hydroxylation is 2. The maximum absolute atomic E-state index is 10.5. The van der Waals surface area contributed by atoms with Gasteiger partial charge in [-0.2, -0.15) is 0 Å². The quantitative estimate of drug-likeness (QED) is 0.886.